The van der Waals surface area contributed by atoms with E-state index in [9.17, 15) is 13.2 Å². The lowest BCUT2D eigenvalue weighted by molar-refractivity contribution is -0.0909. The third-order valence-electron chi connectivity index (χ3n) is 4.10. The van der Waals surface area contributed by atoms with E-state index in [4.69, 9.17) is 17.3 Å². The number of hydrogen-bond donors (Lipinski definition) is 3. The van der Waals surface area contributed by atoms with Crippen molar-refractivity contribution in [2.75, 3.05) is 18.3 Å². The average molecular weight is 497 g/mol. The van der Waals surface area contributed by atoms with Crippen LogP contribution in [0.4, 0.5) is 19.0 Å². The molecule has 0 saturated carbocycles. The molecule has 10 heteroatoms. The molecule has 0 saturated heterocycles. The monoisotopic (exact) mass is 496 g/mol. The molecular weight excluding hydrogens is 465 g/mol. The topological polar surface area (TPSA) is 80.3 Å². The lowest BCUT2D eigenvalue weighted by Gasteiger charge is -2.12. The van der Waals surface area contributed by atoms with Crippen LogP contribution < -0.4 is 16.4 Å². The van der Waals surface area contributed by atoms with Crippen molar-refractivity contribution in [3.8, 4) is 12.3 Å². The van der Waals surface area contributed by atoms with Gasteiger partial charge >= 0.3 is 6.18 Å². The van der Waals surface area contributed by atoms with Crippen LogP contribution in [-0.4, -0.2) is 33.3 Å². The van der Waals surface area contributed by atoms with Crippen molar-refractivity contribution in [2.45, 2.75) is 40.3 Å². The molecule has 2 rings (SSSR count). The molecule has 186 valence electrons. The van der Waals surface area contributed by atoms with Crippen molar-refractivity contribution >= 4 is 22.9 Å². The molecule has 0 unspecified atom stereocenters. The number of hydrogen-bond acceptors (Lipinski definition) is 5. The maximum Gasteiger partial charge on any atom is 0.413 e. The molecule has 0 fully saturated rings. The van der Waals surface area contributed by atoms with Gasteiger partial charge in [-0.15, -0.1) is 30.5 Å². The zero-order valence-electron chi connectivity index (χ0n) is 19.9. The number of terminal acetylenes is 1. The highest BCUT2D eigenvalue weighted by atomic mass is 35.5. The normalized spacial score (nSPS) is 11.7. The number of nitrogen functional groups attached to an aromatic ring is 1. The Morgan fingerprint density at radius 2 is 2.03 bits per heavy atom. The molecule has 0 aromatic carbocycles. The second kappa shape index (κ2) is 16.3. The average Bonchev–Trinajstić information content (AvgIpc) is 3.10. The lowest BCUT2D eigenvalue weighted by Crippen LogP contribution is -2.25. The highest BCUT2D eigenvalue weighted by molar-refractivity contribution is 6.19. The quantitative estimate of drug-likeness (QED) is 0.116. The van der Waals surface area contributed by atoms with Crippen LogP contribution in [0.25, 0.3) is 5.52 Å². The molecule has 0 spiro atoms. The van der Waals surface area contributed by atoms with Crippen molar-refractivity contribution < 1.29 is 13.2 Å². The zero-order valence-corrected chi connectivity index (χ0v) is 20.6. The Hall–Kier alpha value is -3.38. The van der Waals surface area contributed by atoms with E-state index in [0.29, 0.717) is 18.2 Å². The number of aryl methyl sites for hydroxylation is 1. The minimum absolute atomic E-state index is 0.341. The predicted octanol–water partition coefficient (Wildman–Crippen LogP) is 5.28. The molecule has 0 atom stereocenters. The summed E-state index contributed by atoms with van der Waals surface area (Å²) in [5, 5.41) is 9.76. The van der Waals surface area contributed by atoms with E-state index in [1.807, 2.05) is 26.1 Å². The maximum absolute atomic E-state index is 12.4. The standard InChI is InChI=1S/C11H16ClF3N2.C10H12N4.C3H4/c1-3-5-16-8-17-10(4-2)6-9(7-12)11(13,14)15;1-3-4-8-7(2)5-14-9(8)10(11)12-6-13-14;1-3-2/h3-6,16-17H,7-8H2,1-2H3;3,5-6H,1,4H2,2H3,(H2,11,12,13);1H,2H3/b5-3+,9-6+,10-4+;;. The summed E-state index contributed by atoms with van der Waals surface area (Å²) in [4.78, 5) is 3.98. The van der Waals surface area contributed by atoms with Gasteiger partial charge in [-0.1, -0.05) is 18.2 Å². The molecule has 0 aliphatic carbocycles. The molecule has 0 bridgehead atoms. The third kappa shape index (κ3) is 10.5. The molecule has 2 heterocycles. The van der Waals surface area contributed by atoms with Crippen LogP contribution in [0.5, 0.6) is 0 Å². The highest BCUT2D eigenvalue weighted by Gasteiger charge is 2.32. The number of alkyl halides is 4. The van der Waals surface area contributed by atoms with Gasteiger partial charge in [-0.2, -0.15) is 18.3 Å². The minimum atomic E-state index is -4.39. The van der Waals surface area contributed by atoms with Gasteiger partial charge in [0.1, 0.15) is 11.8 Å². The Bertz CT molecular complexity index is 1030. The first-order chi connectivity index (χ1) is 16.1. The summed E-state index contributed by atoms with van der Waals surface area (Å²) in [5.41, 5.74) is 8.60. The first-order valence-corrected chi connectivity index (χ1v) is 10.8. The summed E-state index contributed by atoms with van der Waals surface area (Å²) < 4.78 is 39.0. The Kier molecular flexibility index (Phi) is 14.6. The number of anilines is 1. The number of fused-ring (bicyclic) bond motifs is 1. The Labute approximate surface area is 204 Å². The Morgan fingerprint density at radius 3 is 2.53 bits per heavy atom. The van der Waals surface area contributed by atoms with Gasteiger partial charge in [0.15, 0.2) is 5.82 Å². The number of nitrogens with two attached hydrogens (primary N) is 1. The van der Waals surface area contributed by atoms with Crippen LogP contribution >= 0.6 is 11.6 Å². The fraction of sp³-hybridized carbons (Fsp3) is 0.333. The third-order valence-corrected chi connectivity index (χ3v) is 4.39. The van der Waals surface area contributed by atoms with Crippen molar-refractivity contribution in [1.82, 2.24) is 25.2 Å². The molecule has 0 amide bonds. The summed E-state index contributed by atoms with van der Waals surface area (Å²) in [5.74, 6) is 2.20. The van der Waals surface area contributed by atoms with E-state index in [2.05, 4.69) is 39.6 Å². The zero-order chi connectivity index (χ0) is 26.1. The summed E-state index contributed by atoms with van der Waals surface area (Å²) in [6.07, 6.45) is 12.3. The van der Waals surface area contributed by atoms with Crippen LogP contribution in [-0.2, 0) is 6.42 Å². The van der Waals surface area contributed by atoms with Crippen molar-refractivity contribution in [3.63, 3.8) is 0 Å². The second-order valence-corrected chi connectivity index (χ2v) is 6.88. The van der Waals surface area contributed by atoms with E-state index in [-0.39, 0.29) is 0 Å². The highest BCUT2D eigenvalue weighted by Crippen LogP contribution is 2.27. The summed E-state index contributed by atoms with van der Waals surface area (Å²) in [7, 11) is 0. The molecule has 0 radical (unpaired) electrons. The molecule has 0 aliphatic heterocycles. The predicted molar refractivity (Wildman–Crippen MR) is 135 cm³/mol. The fourth-order valence-corrected chi connectivity index (χ4v) is 2.80. The lowest BCUT2D eigenvalue weighted by atomic mass is 10.1. The van der Waals surface area contributed by atoms with E-state index in [1.165, 1.54) is 6.33 Å². The summed E-state index contributed by atoms with van der Waals surface area (Å²) in [6, 6.07) is 0. The Morgan fingerprint density at radius 1 is 1.38 bits per heavy atom. The maximum atomic E-state index is 12.4. The molecular formula is C24H32ClF3N6. The second-order valence-electron chi connectivity index (χ2n) is 6.61. The van der Waals surface area contributed by atoms with Crippen LogP contribution in [0.2, 0.25) is 0 Å². The van der Waals surface area contributed by atoms with Gasteiger partial charge in [0, 0.05) is 17.5 Å². The van der Waals surface area contributed by atoms with Gasteiger partial charge in [0.05, 0.1) is 12.5 Å². The number of allylic oxidation sites excluding steroid dienone is 5. The first kappa shape index (κ1) is 30.6. The fourth-order valence-electron chi connectivity index (χ4n) is 2.57. The van der Waals surface area contributed by atoms with Gasteiger partial charge in [0.2, 0.25) is 0 Å². The van der Waals surface area contributed by atoms with Crippen molar-refractivity contribution in [1.29, 1.82) is 0 Å². The SMILES string of the molecule is C#CC.C/C=C/NCNC(/C=C(\CCl)C(F)(F)F)=C/C.C=CCc1c(C)cn2ncnc(N)c12. The van der Waals surface area contributed by atoms with Gasteiger partial charge in [-0.05, 0) is 57.5 Å². The first-order valence-electron chi connectivity index (χ1n) is 10.2. The molecule has 4 N–H and O–H groups in total. The van der Waals surface area contributed by atoms with Gasteiger partial charge < -0.3 is 16.4 Å². The van der Waals surface area contributed by atoms with Gasteiger partial charge in [-0.3, -0.25) is 0 Å². The minimum Gasteiger partial charge on any atom is -0.382 e. The largest absolute Gasteiger partial charge is 0.413 e. The number of rotatable bonds is 8. The Balaban J connectivity index is 0.000000579. The van der Waals surface area contributed by atoms with E-state index >= 15 is 0 Å². The van der Waals surface area contributed by atoms with Crippen LogP contribution in [0.15, 0.2) is 60.9 Å². The molecule has 34 heavy (non-hydrogen) atoms. The smallest absolute Gasteiger partial charge is 0.382 e. The number of halogens is 4. The number of aromatic nitrogens is 3. The van der Waals surface area contributed by atoms with E-state index in [0.717, 1.165) is 29.1 Å². The van der Waals surface area contributed by atoms with Crippen LogP contribution in [0.1, 0.15) is 31.9 Å². The molecule has 0 aliphatic rings. The number of nitrogens with one attached hydrogen (secondary N) is 2. The molecule has 6 nitrogen and oxygen atoms in total. The molecule has 2 aromatic heterocycles. The summed E-state index contributed by atoms with van der Waals surface area (Å²) >= 11 is 5.27. The van der Waals surface area contributed by atoms with Crippen molar-refractivity contribution in [2.24, 2.45) is 0 Å². The van der Waals surface area contributed by atoms with Gasteiger partial charge in [0.25, 0.3) is 0 Å². The van der Waals surface area contributed by atoms with Gasteiger partial charge in [-0.25, -0.2) is 9.50 Å². The van der Waals surface area contributed by atoms with Crippen LogP contribution in [0.3, 0.4) is 0 Å². The summed E-state index contributed by atoms with van der Waals surface area (Å²) in [6.45, 7) is 11.2. The van der Waals surface area contributed by atoms with Crippen molar-refractivity contribution in [3.05, 3.63) is 72.0 Å². The number of nitrogens with zero attached hydrogens (tertiary/aromatic N) is 3. The molecule has 2 aromatic rings. The van der Waals surface area contributed by atoms with E-state index in [1.54, 1.807) is 36.7 Å². The van der Waals surface area contributed by atoms with E-state index < -0.39 is 17.6 Å². The van der Waals surface area contributed by atoms with Crippen LogP contribution in [0, 0.1) is 19.3 Å².